The maximum atomic E-state index is 15.3. The van der Waals surface area contributed by atoms with E-state index in [1.165, 1.54) is 0 Å². The Morgan fingerprint density at radius 2 is 1.56 bits per heavy atom. The molecule has 4 aromatic rings. The number of hydrogen-bond acceptors (Lipinski definition) is 2. The van der Waals surface area contributed by atoms with E-state index in [4.69, 9.17) is 4.74 Å². The molecule has 0 N–H and O–H groups in total. The number of aryl methyl sites for hydroxylation is 2. The first kappa shape index (κ1) is 28.7. The monoisotopic (exact) mass is 580 g/mol. The largest absolute Gasteiger partial charge is 0.485 e. The van der Waals surface area contributed by atoms with Gasteiger partial charge in [-0.2, -0.15) is 8.78 Å². The van der Waals surface area contributed by atoms with Crippen molar-refractivity contribution < 1.29 is 44.6 Å². The highest BCUT2D eigenvalue weighted by Gasteiger charge is 2.40. The lowest BCUT2D eigenvalue weighted by Gasteiger charge is -2.27. The van der Waals surface area contributed by atoms with Gasteiger partial charge in [0.05, 0.1) is 5.39 Å². The normalized spacial score (nSPS) is 15.1. The summed E-state index contributed by atoms with van der Waals surface area (Å²) >= 11 is 0. The van der Waals surface area contributed by atoms with Crippen LogP contribution >= 0.6 is 0 Å². The minimum atomic E-state index is -4.58. The van der Waals surface area contributed by atoms with E-state index >= 15 is 13.2 Å². The molecule has 0 fully saturated rings. The van der Waals surface area contributed by atoms with Crippen LogP contribution in [0.5, 0.6) is 11.5 Å². The molecule has 0 radical (unpaired) electrons. The maximum absolute atomic E-state index is 15.3. The first-order valence-electron chi connectivity index (χ1n) is 13.1. The number of alkyl halides is 2. The third kappa shape index (κ3) is 5.56. The van der Waals surface area contributed by atoms with Gasteiger partial charge in [0.1, 0.15) is 29.0 Å². The van der Waals surface area contributed by atoms with Crippen LogP contribution in [0.25, 0.3) is 10.8 Å². The summed E-state index contributed by atoms with van der Waals surface area (Å²) in [4.78, 5) is 0. The highest BCUT2D eigenvalue weighted by molar-refractivity contribution is 5.85. The van der Waals surface area contributed by atoms with Crippen molar-refractivity contribution in [2.45, 2.75) is 57.7 Å². The van der Waals surface area contributed by atoms with Crippen LogP contribution in [-0.4, -0.2) is 0 Å². The highest BCUT2D eigenvalue weighted by Crippen LogP contribution is 2.41. The predicted octanol–water partition coefficient (Wildman–Crippen LogP) is 9.60. The highest BCUT2D eigenvalue weighted by atomic mass is 19.3. The molecule has 4 aromatic carbocycles. The molecule has 216 valence electrons. The average molecular weight is 581 g/mol. The molecule has 0 aliphatic carbocycles. The molecule has 1 atom stereocenters. The second-order valence-corrected chi connectivity index (χ2v) is 9.98. The Bertz CT molecular complexity index is 1600. The zero-order valence-corrected chi connectivity index (χ0v) is 21.8. The zero-order valence-electron chi connectivity index (χ0n) is 21.8. The molecular weight excluding hydrogens is 556 g/mol. The van der Waals surface area contributed by atoms with Crippen molar-refractivity contribution in [3.8, 4) is 11.5 Å². The molecule has 0 amide bonds. The fraction of sp³-hybridized carbons (Fsp3) is 0.290. The number of fused-ring (bicyclic) bond motifs is 2. The molecule has 0 saturated heterocycles. The van der Waals surface area contributed by atoms with Crippen LogP contribution < -0.4 is 9.47 Å². The van der Waals surface area contributed by atoms with Crippen LogP contribution in [0, 0.1) is 34.9 Å². The van der Waals surface area contributed by atoms with E-state index in [0.29, 0.717) is 24.7 Å². The minimum Gasteiger partial charge on any atom is -0.485 e. The summed E-state index contributed by atoms with van der Waals surface area (Å²) in [6.07, 6.45) is -0.449. The second kappa shape index (κ2) is 11.2. The topological polar surface area (TPSA) is 18.5 Å². The van der Waals surface area contributed by atoms with Gasteiger partial charge in [0.25, 0.3) is 0 Å². The van der Waals surface area contributed by atoms with Gasteiger partial charge >= 0.3 is 6.11 Å². The first-order chi connectivity index (χ1) is 19.5. The van der Waals surface area contributed by atoms with Crippen molar-refractivity contribution in [3.63, 3.8) is 0 Å². The molecule has 0 aromatic heterocycles. The van der Waals surface area contributed by atoms with Crippen LogP contribution in [-0.2, 0) is 19.0 Å². The minimum absolute atomic E-state index is 0.146. The van der Waals surface area contributed by atoms with Gasteiger partial charge in [-0.15, -0.1) is 0 Å². The first-order valence-corrected chi connectivity index (χ1v) is 13.1. The molecule has 1 aliphatic rings. The van der Waals surface area contributed by atoms with E-state index in [1.807, 2.05) is 12.1 Å². The van der Waals surface area contributed by atoms with Gasteiger partial charge in [0, 0.05) is 17.7 Å². The Morgan fingerprint density at radius 3 is 2.27 bits per heavy atom. The predicted molar refractivity (Wildman–Crippen MR) is 136 cm³/mol. The molecule has 10 heteroatoms. The summed E-state index contributed by atoms with van der Waals surface area (Å²) in [7, 11) is 0. The Morgan fingerprint density at radius 1 is 0.829 bits per heavy atom. The molecule has 1 aliphatic heterocycles. The van der Waals surface area contributed by atoms with Gasteiger partial charge in [-0.1, -0.05) is 38.0 Å². The number of unbranched alkanes of at least 4 members (excludes halogenated alkanes) is 2. The van der Waals surface area contributed by atoms with Crippen LogP contribution in [0.3, 0.4) is 0 Å². The number of hydrogen-bond donors (Lipinski definition) is 0. The number of halogens is 8. The van der Waals surface area contributed by atoms with Crippen molar-refractivity contribution in [2.24, 2.45) is 0 Å². The molecule has 1 unspecified atom stereocenters. The van der Waals surface area contributed by atoms with Crippen molar-refractivity contribution in [1.29, 1.82) is 0 Å². The summed E-state index contributed by atoms with van der Waals surface area (Å²) in [5, 5.41) is -1.27. The van der Waals surface area contributed by atoms with Gasteiger partial charge in [0.15, 0.2) is 29.1 Å². The Balaban J connectivity index is 1.44. The third-order valence-electron chi connectivity index (χ3n) is 7.15. The van der Waals surface area contributed by atoms with E-state index in [9.17, 15) is 22.0 Å². The molecular formula is C31H24F8O2. The molecule has 1 heterocycles. The van der Waals surface area contributed by atoms with Crippen molar-refractivity contribution in [3.05, 3.63) is 106 Å². The van der Waals surface area contributed by atoms with Crippen LogP contribution in [0.15, 0.2) is 48.5 Å². The molecule has 0 spiro atoms. The zero-order chi connectivity index (χ0) is 29.5. The number of rotatable bonds is 8. The van der Waals surface area contributed by atoms with Gasteiger partial charge in [0.2, 0.25) is 0 Å². The standard InChI is InChI=1S/C31H24F8O2/c1-2-3-4-5-16-6-10-24-17(12-16)8-11-25(40-24)20-13-18-7-9-21(28(35)26(18)30(37)27(20)34)31(38,39)41-19-14-22(32)29(36)23(33)15-19/h6-7,9-10,12-15,25H,2-5,8,11H2,1H3. The van der Waals surface area contributed by atoms with Gasteiger partial charge in [-0.05, 0) is 60.4 Å². The average Bonchev–Trinajstić information content (AvgIpc) is 2.93. The van der Waals surface area contributed by atoms with E-state index in [0.717, 1.165) is 48.9 Å². The summed E-state index contributed by atoms with van der Waals surface area (Å²) < 4.78 is 126. The van der Waals surface area contributed by atoms with Crippen molar-refractivity contribution >= 4 is 10.8 Å². The van der Waals surface area contributed by atoms with E-state index < -0.39 is 63.8 Å². The smallest absolute Gasteiger partial charge is 0.429 e. The van der Waals surface area contributed by atoms with Crippen LogP contribution in [0.2, 0.25) is 0 Å². The van der Waals surface area contributed by atoms with Crippen molar-refractivity contribution in [2.75, 3.05) is 0 Å². The number of benzene rings is 4. The second-order valence-electron chi connectivity index (χ2n) is 9.98. The SMILES string of the molecule is CCCCCc1ccc2c(c1)CCC(c1cc3ccc(C(F)(F)Oc4cc(F)c(F)c(F)c4)c(F)c3c(F)c1F)O2. The summed E-state index contributed by atoms with van der Waals surface area (Å²) in [5.74, 6) is -11.1. The van der Waals surface area contributed by atoms with Gasteiger partial charge < -0.3 is 9.47 Å². The lowest BCUT2D eigenvalue weighted by atomic mass is 9.93. The Labute approximate surface area is 230 Å². The molecule has 2 nitrogen and oxygen atoms in total. The van der Waals surface area contributed by atoms with Crippen molar-refractivity contribution in [1.82, 2.24) is 0 Å². The molecule has 5 rings (SSSR count). The third-order valence-corrected chi connectivity index (χ3v) is 7.15. The van der Waals surface area contributed by atoms with E-state index in [2.05, 4.69) is 11.7 Å². The fourth-order valence-electron chi connectivity index (χ4n) is 5.05. The van der Waals surface area contributed by atoms with Gasteiger partial charge in [-0.3, -0.25) is 0 Å². The van der Waals surface area contributed by atoms with E-state index in [1.54, 1.807) is 6.07 Å². The maximum Gasteiger partial charge on any atom is 0.429 e. The molecule has 0 saturated carbocycles. The lowest BCUT2D eigenvalue weighted by Crippen LogP contribution is -2.24. The summed E-state index contributed by atoms with van der Waals surface area (Å²) in [5.41, 5.74) is 0.388. The van der Waals surface area contributed by atoms with Crippen LogP contribution in [0.4, 0.5) is 35.1 Å². The quantitative estimate of drug-likeness (QED) is 0.117. The van der Waals surface area contributed by atoms with E-state index in [-0.39, 0.29) is 23.1 Å². The fourth-order valence-corrected chi connectivity index (χ4v) is 5.05. The lowest BCUT2D eigenvalue weighted by molar-refractivity contribution is -0.187. The Kier molecular flexibility index (Phi) is 7.85. The van der Waals surface area contributed by atoms with Gasteiger partial charge in [-0.25, -0.2) is 26.3 Å². The molecule has 0 bridgehead atoms. The van der Waals surface area contributed by atoms with Crippen LogP contribution in [0.1, 0.15) is 61.0 Å². The Hall–Kier alpha value is -3.82. The summed E-state index contributed by atoms with van der Waals surface area (Å²) in [6, 6.07) is 8.70. The number of ether oxygens (including phenoxy) is 2. The summed E-state index contributed by atoms with van der Waals surface area (Å²) in [6.45, 7) is 2.12. The molecule has 41 heavy (non-hydrogen) atoms.